The molecule has 1 N–H and O–H groups in total. The van der Waals surface area contributed by atoms with Gasteiger partial charge in [0.25, 0.3) is 0 Å². The van der Waals surface area contributed by atoms with Crippen molar-refractivity contribution in [3.05, 3.63) is 182 Å². The van der Waals surface area contributed by atoms with Gasteiger partial charge in [0, 0.05) is 21.7 Å². The Morgan fingerprint density at radius 2 is 0.784 bits per heavy atom. The normalized spacial score (nSPS) is 11.9. The van der Waals surface area contributed by atoms with Gasteiger partial charge in [-0.3, -0.25) is 0 Å². The molecule has 1 nitrogen and oxygen atoms in total. The van der Waals surface area contributed by atoms with Crippen molar-refractivity contribution >= 4 is 75.7 Å². The smallest absolute Gasteiger partial charge is 0.0551 e. The first-order valence-corrected chi connectivity index (χ1v) is 17.7. The molecule has 0 saturated carbocycles. The average molecular weight is 646 g/mol. The molecule has 1 aromatic heterocycles. The van der Waals surface area contributed by atoms with Gasteiger partial charge in [0.15, 0.2) is 0 Å². The van der Waals surface area contributed by atoms with Gasteiger partial charge in [-0.2, -0.15) is 0 Å². The number of rotatable bonds is 3. The van der Waals surface area contributed by atoms with Crippen molar-refractivity contribution in [2.24, 2.45) is 0 Å². The molecule has 11 rings (SSSR count). The van der Waals surface area contributed by atoms with Crippen LogP contribution in [0.25, 0.3) is 109 Å². The van der Waals surface area contributed by atoms with E-state index in [4.69, 9.17) is 0 Å². The predicted molar refractivity (Wildman–Crippen MR) is 220 cm³/mol. The maximum Gasteiger partial charge on any atom is 0.0551 e. The number of hydrogen-bond donors (Lipinski definition) is 1. The van der Waals surface area contributed by atoms with Crippen LogP contribution in [0, 0.1) is 0 Å². The fraction of sp³-hybridized carbons (Fsp3) is 0. The third kappa shape index (κ3) is 4.16. The summed E-state index contributed by atoms with van der Waals surface area (Å²) in [5, 5.41) is 15.2. The van der Waals surface area contributed by atoms with Crippen molar-refractivity contribution in [2.75, 3.05) is 0 Å². The van der Waals surface area contributed by atoms with Crippen LogP contribution < -0.4 is 0 Å². The highest BCUT2D eigenvalue weighted by Crippen LogP contribution is 2.46. The van der Waals surface area contributed by atoms with Crippen LogP contribution in [0.1, 0.15) is 0 Å². The average Bonchev–Trinajstić information content (AvgIpc) is 3.59. The number of H-pyrrole nitrogens is 1. The Kier molecular flexibility index (Phi) is 6.02. The largest absolute Gasteiger partial charge is 0.354 e. The van der Waals surface area contributed by atoms with Crippen LogP contribution in [-0.2, 0) is 0 Å². The van der Waals surface area contributed by atoms with Crippen LogP contribution in [0.2, 0.25) is 0 Å². The molecule has 11 aromatic rings. The highest BCUT2D eigenvalue weighted by Gasteiger charge is 2.19. The Balaban J connectivity index is 1.17. The van der Waals surface area contributed by atoms with Crippen molar-refractivity contribution in [2.45, 2.75) is 0 Å². The summed E-state index contributed by atoms with van der Waals surface area (Å²) in [4.78, 5) is 3.89. The van der Waals surface area contributed by atoms with Crippen LogP contribution in [-0.4, -0.2) is 4.98 Å². The molecule has 51 heavy (non-hydrogen) atoms. The number of aromatic amines is 1. The number of nitrogens with one attached hydrogen (secondary N) is 1. The predicted octanol–water partition coefficient (Wildman–Crippen LogP) is 14.1. The molecular weight excluding hydrogens is 615 g/mol. The van der Waals surface area contributed by atoms with E-state index in [1.54, 1.807) is 0 Å². The summed E-state index contributed by atoms with van der Waals surface area (Å²) in [5.74, 6) is 0. The van der Waals surface area contributed by atoms with Crippen molar-refractivity contribution in [1.82, 2.24) is 4.98 Å². The summed E-state index contributed by atoms with van der Waals surface area (Å²) in [6.07, 6.45) is 0. The molecule has 0 spiro atoms. The van der Waals surface area contributed by atoms with E-state index in [2.05, 4.69) is 187 Å². The first-order chi connectivity index (χ1) is 25.3. The van der Waals surface area contributed by atoms with Crippen LogP contribution in [0.15, 0.2) is 182 Å². The van der Waals surface area contributed by atoms with Crippen molar-refractivity contribution in [3.8, 4) is 33.4 Å². The number of benzene rings is 10. The maximum atomic E-state index is 3.89. The van der Waals surface area contributed by atoms with Crippen molar-refractivity contribution in [3.63, 3.8) is 0 Å². The highest BCUT2D eigenvalue weighted by atomic mass is 14.7. The molecule has 10 aromatic carbocycles. The van der Waals surface area contributed by atoms with E-state index in [-0.39, 0.29) is 0 Å². The lowest BCUT2D eigenvalue weighted by atomic mass is 9.85. The van der Waals surface area contributed by atoms with Crippen LogP contribution >= 0.6 is 0 Å². The summed E-state index contributed by atoms with van der Waals surface area (Å²) < 4.78 is 0. The summed E-state index contributed by atoms with van der Waals surface area (Å²) >= 11 is 0. The minimum atomic E-state index is 1.16. The lowest BCUT2D eigenvalue weighted by Crippen LogP contribution is -1.91. The van der Waals surface area contributed by atoms with E-state index >= 15 is 0 Å². The maximum absolute atomic E-state index is 3.89. The van der Waals surface area contributed by atoms with Gasteiger partial charge in [-0.1, -0.05) is 170 Å². The minimum Gasteiger partial charge on any atom is -0.354 e. The Morgan fingerprint density at radius 1 is 0.294 bits per heavy atom. The monoisotopic (exact) mass is 645 g/mol. The summed E-state index contributed by atoms with van der Waals surface area (Å²) in [6.45, 7) is 0. The molecule has 0 aliphatic heterocycles. The fourth-order valence-corrected chi connectivity index (χ4v) is 8.78. The van der Waals surface area contributed by atoms with Crippen LogP contribution in [0.5, 0.6) is 0 Å². The van der Waals surface area contributed by atoms with Gasteiger partial charge >= 0.3 is 0 Å². The lowest BCUT2D eigenvalue weighted by molar-refractivity contribution is 1.56. The Labute approximate surface area is 295 Å². The van der Waals surface area contributed by atoms with Gasteiger partial charge in [-0.25, -0.2) is 0 Å². The molecule has 0 unspecified atom stereocenters. The summed E-state index contributed by atoms with van der Waals surface area (Å²) in [7, 11) is 0. The molecule has 0 amide bonds. The molecule has 236 valence electrons. The number of aromatic nitrogens is 1. The zero-order valence-electron chi connectivity index (χ0n) is 27.8. The summed E-state index contributed by atoms with van der Waals surface area (Å²) in [5.41, 5.74) is 9.83. The first-order valence-electron chi connectivity index (χ1n) is 17.7. The zero-order valence-corrected chi connectivity index (χ0v) is 27.8. The Bertz CT molecular complexity index is 3130. The molecule has 0 aliphatic rings. The second kappa shape index (κ2) is 10.9. The lowest BCUT2D eigenvalue weighted by Gasteiger charge is -2.18. The molecular formula is C50H31N. The summed E-state index contributed by atoms with van der Waals surface area (Å²) in [6, 6.07) is 66.9. The standard InChI is InChI=1S/C50H31N/c1-2-17-35-31(13-1)14-12-26-36(35)32-15-11-16-33(29-32)47-40-21-6-8-23-42(40)48(43-24-9-7-22-41(43)47)34-27-28-45-46(30-34)51-50-44-25-10-4-19-38(44)37-18-3-5-20-39(37)49(45)50/h1-30,51H. The van der Waals surface area contributed by atoms with E-state index in [9.17, 15) is 0 Å². The van der Waals surface area contributed by atoms with Gasteiger partial charge in [-0.05, 0) is 94.0 Å². The topological polar surface area (TPSA) is 15.8 Å². The number of fused-ring (bicyclic) bond motifs is 11. The van der Waals surface area contributed by atoms with Crippen LogP contribution in [0.3, 0.4) is 0 Å². The second-order valence-corrected chi connectivity index (χ2v) is 13.7. The molecule has 0 bridgehead atoms. The van der Waals surface area contributed by atoms with Gasteiger partial charge in [0.05, 0.1) is 5.52 Å². The molecule has 1 heteroatoms. The van der Waals surface area contributed by atoms with E-state index in [1.807, 2.05) is 0 Å². The Hall–Kier alpha value is -6.70. The van der Waals surface area contributed by atoms with E-state index in [0.717, 1.165) is 5.52 Å². The van der Waals surface area contributed by atoms with Gasteiger partial charge in [-0.15, -0.1) is 0 Å². The van der Waals surface area contributed by atoms with E-state index in [0.29, 0.717) is 0 Å². The van der Waals surface area contributed by atoms with E-state index < -0.39 is 0 Å². The van der Waals surface area contributed by atoms with Gasteiger partial charge < -0.3 is 4.98 Å². The van der Waals surface area contributed by atoms with Crippen LogP contribution in [0.4, 0.5) is 0 Å². The fourth-order valence-electron chi connectivity index (χ4n) is 8.78. The molecule has 0 fully saturated rings. The van der Waals surface area contributed by atoms with Crippen molar-refractivity contribution in [1.29, 1.82) is 0 Å². The molecule has 0 atom stereocenters. The van der Waals surface area contributed by atoms with Gasteiger partial charge in [0.1, 0.15) is 0 Å². The molecule has 0 saturated heterocycles. The number of hydrogen-bond acceptors (Lipinski definition) is 0. The zero-order chi connectivity index (χ0) is 33.5. The third-order valence-corrected chi connectivity index (χ3v) is 11.0. The molecule has 0 aliphatic carbocycles. The highest BCUT2D eigenvalue weighted by molar-refractivity contribution is 6.31. The third-order valence-electron chi connectivity index (χ3n) is 11.0. The quantitative estimate of drug-likeness (QED) is 0.145. The minimum absolute atomic E-state index is 1.16. The first kappa shape index (κ1) is 28.2. The SMILES string of the molecule is c1cc(-c2cccc3ccccc23)cc(-c2c3ccccc3c(-c3ccc4c(c3)[nH]c3c5ccccc5c5ccccc5c43)c3ccccc23)c1. The van der Waals surface area contributed by atoms with E-state index in [1.165, 1.54) is 104 Å². The molecule has 0 radical (unpaired) electrons. The van der Waals surface area contributed by atoms with Gasteiger partial charge in [0.2, 0.25) is 0 Å². The Morgan fingerprint density at radius 3 is 1.47 bits per heavy atom. The van der Waals surface area contributed by atoms with Crippen molar-refractivity contribution < 1.29 is 0 Å². The second-order valence-electron chi connectivity index (χ2n) is 13.7. The molecule has 1 heterocycles.